The summed E-state index contributed by atoms with van der Waals surface area (Å²) < 4.78 is 31.6. The maximum Gasteiger partial charge on any atom is 0.475 e. The average molecular weight is 294 g/mol. The summed E-state index contributed by atoms with van der Waals surface area (Å²) in [7, 11) is -3.51. The van der Waals surface area contributed by atoms with Crippen LogP contribution in [-0.2, 0) is 27.7 Å². The molecule has 7 heteroatoms. The molecule has 0 atom stereocenters. The summed E-state index contributed by atoms with van der Waals surface area (Å²) in [5.41, 5.74) is 0. The van der Waals surface area contributed by atoms with E-state index < -0.39 is 13.8 Å². The highest BCUT2D eigenvalue weighted by Gasteiger charge is 2.24. The highest BCUT2D eigenvalue weighted by molar-refractivity contribution is 7.48. The molecule has 112 valence electrons. The van der Waals surface area contributed by atoms with Gasteiger partial charge in [-0.3, -0.25) is 13.6 Å². The molecule has 0 spiro atoms. The molecule has 0 aliphatic rings. The van der Waals surface area contributed by atoms with E-state index in [1.807, 2.05) is 6.92 Å². The maximum atomic E-state index is 11.9. The van der Waals surface area contributed by atoms with Crippen LogP contribution in [0, 0.1) is 0 Å². The van der Waals surface area contributed by atoms with E-state index in [4.69, 9.17) is 18.3 Å². The predicted molar refractivity (Wildman–Crippen MR) is 71.8 cm³/mol. The van der Waals surface area contributed by atoms with Gasteiger partial charge in [0.1, 0.15) is 0 Å². The van der Waals surface area contributed by atoms with E-state index in [-0.39, 0.29) is 19.8 Å². The number of carbonyl (C=O) groups is 1. The molecule has 0 N–H and O–H groups in total. The van der Waals surface area contributed by atoms with Crippen LogP contribution >= 0.6 is 7.82 Å². The lowest BCUT2D eigenvalue weighted by Gasteiger charge is -2.14. The van der Waals surface area contributed by atoms with Gasteiger partial charge in [0.05, 0.1) is 26.4 Å². The summed E-state index contributed by atoms with van der Waals surface area (Å²) in [6, 6.07) is 0. The van der Waals surface area contributed by atoms with Crippen molar-refractivity contribution >= 4 is 13.8 Å². The van der Waals surface area contributed by atoms with Crippen LogP contribution in [0.3, 0.4) is 0 Å². The summed E-state index contributed by atoms with van der Waals surface area (Å²) >= 11 is 0. The van der Waals surface area contributed by atoms with Gasteiger partial charge < -0.3 is 4.74 Å². The van der Waals surface area contributed by atoms with Crippen LogP contribution in [0.25, 0.3) is 0 Å². The predicted octanol–water partition coefficient (Wildman–Crippen LogP) is 3.08. The van der Waals surface area contributed by atoms with Crippen molar-refractivity contribution in [2.75, 3.05) is 26.4 Å². The monoisotopic (exact) mass is 294 g/mol. The second kappa shape index (κ2) is 11.2. The minimum Gasteiger partial charge on any atom is -0.463 e. The van der Waals surface area contributed by atoms with Gasteiger partial charge in [0.25, 0.3) is 0 Å². The molecule has 0 heterocycles. The van der Waals surface area contributed by atoms with Gasteiger partial charge >= 0.3 is 13.8 Å². The first kappa shape index (κ1) is 18.3. The van der Waals surface area contributed by atoms with E-state index in [1.165, 1.54) is 12.2 Å². The third kappa shape index (κ3) is 9.85. The molecular weight excluding hydrogens is 271 g/mol. The molecule has 19 heavy (non-hydrogen) atoms. The van der Waals surface area contributed by atoms with Gasteiger partial charge in [0.2, 0.25) is 0 Å². The van der Waals surface area contributed by atoms with E-state index in [0.717, 1.165) is 12.8 Å². The van der Waals surface area contributed by atoms with Crippen molar-refractivity contribution in [2.45, 2.75) is 33.6 Å². The number of phosphoric acid groups is 1. The molecule has 0 unspecified atom stereocenters. The van der Waals surface area contributed by atoms with Crippen molar-refractivity contribution in [1.82, 2.24) is 0 Å². The summed E-state index contributed by atoms with van der Waals surface area (Å²) in [5, 5.41) is 0. The zero-order valence-electron chi connectivity index (χ0n) is 11.8. The van der Waals surface area contributed by atoms with Gasteiger partial charge in [0.15, 0.2) is 0 Å². The van der Waals surface area contributed by atoms with Crippen molar-refractivity contribution < 1.29 is 27.7 Å². The average Bonchev–Trinajstić information content (AvgIpc) is 2.36. The Balaban J connectivity index is 3.97. The first-order valence-corrected chi connectivity index (χ1v) is 7.91. The first-order chi connectivity index (χ1) is 9.08. The SMILES string of the molecule is CCCCOC(=O)/C=C/COP(=O)(OCC)OCC. The Hall–Kier alpha value is -0.680. The molecule has 0 saturated carbocycles. The zero-order chi connectivity index (χ0) is 14.6. The lowest BCUT2D eigenvalue weighted by atomic mass is 10.4. The largest absolute Gasteiger partial charge is 0.475 e. The summed E-state index contributed by atoms with van der Waals surface area (Å²) in [6.07, 6.45) is 4.45. The van der Waals surface area contributed by atoms with Crippen molar-refractivity contribution in [2.24, 2.45) is 0 Å². The van der Waals surface area contributed by atoms with Gasteiger partial charge in [-0.1, -0.05) is 19.4 Å². The lowest BCUT2D eigenvalue weighted by molar-refractivity contribution is -0.137. The number of hydrogen-bond donors (Lipinski definition) is 0. The van der Waals surface area contributed by atoms with Crippen molar-refractivity contribution in [1.29, 1.82) is 0 Å². The van der Waals surface area contributed by atoms with Crippen LogP contribution < -0.4 is 0 Å². The van der Waals surface area contributed by atoms with E-state index in [9.17, 15) is 9.36 Å². The first-order valence-electron chi connectivity index (χ1n) is 6.44. The second-order valence-electron chi connectivity index (χ2n) is 3.50. The van der Waals surface area contributed by atoms with E-state index >= 15 is 0 Å². The quantitative estimate of drug-likeness (QED) is 0.252. The van der Waals surface area contributed by atoms with Gasteiger partial charge in [-0.2, -0.15) is 0 Å². The van der Waals surface area contributed by atoms with Crippen LogP contribution in [0.4, 0.5) is 0 Å². The number of carbonyl (C=O) groups excluding carboxylic acids is 1. The number of phosphoric ester groups is 1. The number of ether oxygens (including phenoxy) is 1. The number of unbranched alkanes of at least 4 members (excludes halogenated alkanes) is 1. The van der Waals surface area contributed by atoms with Crippen molar-refractivity contribution in [3.05, 3.63) is 12.2 Å². The maximum absolute atomic E-state index is 11.9. The molecule has 0 aliphatic carbocycles. The zero-order valence-corrected chi connectivity index (χ0v) is 12.7. The van der Waals surface area contributed by atoms with Crippen LogP contribution in [0.1, 0.15) is 33.6 Å². The molecule has 6 nitrogen and oxygen atoms in total. The third-order valence-electron chi connectivity index (χ3n) is 1.90. The molecule has 0 aromatic rings. The van der Waals surface area contributed by atoms with Crippen LogP contribution in [0.2, 0.25) is 0 Å². The topological polar surface area (TPSA) is 71.1 Å². The smallest absolute Gasteiger partial charge is 0.463 e. The Morgan fingerprint density at radius 1 is 1.11 bits per heavy atom. The van der Waals surface area contributed by atoms with Crippen LogP contribution in [0.15, 0.2) is 12.2 Å². The summed E-state index contributed by atoms with van der Waals surface area (Å²) in [5.74, 6) is -0.445. The van der Waals surface area contributed by atoms with Crippen molar-refractivity contribution in [3.63, 3.8) is 0 Å². The second-order valence-corrected chi connectivity index (χ2v) is 5.17. The van der Waals surface area contributed by atoms with Gasteiger partial charge in [-0.05, 0) is 20.3 Å². The van der Waals surface area contributed by atoms with Gasteiger partial charge in [-0.15, -0.1) is 0 Å². The molecule has 0 aromatic carbocycles. The molecule has 0 radical (unpaired) electrons. The van der Waals surface area contributed by atoms with Crippen LogP contribution in [0.5, 0.6) is 0 Å². The van der Waals surface area contributed by atoms with E-state index in [1.54, 1.807) is 13.8 Å². The van der Waals surface area contributed by atoms with Crippen LogP contribution in [-0.4, -0.2) is 32.4 Å². The summed E-state index contributed by atoms with van der Waals surface area (Å²) in [6.45, 7) is 6.19. The molecular formula is C12H23O6P. The molecule has 0 rings (SSSR count). The number of hydrogen-bond acceptors (Lipinski definition) is 6. The minimum atomic E-state index is -3.51. The Labute approximate surface area is 114 Å². The lowest BCUT2D eigenvalue weighted by Crippen LogP contribution is -2.03. The number of esters is 1. The number of rotatable bonds is 11. The molecule has 0 aromatic heterocycles. The Morgan fingerprint density at radius 2 is 1.74 bits per heavy atom. The molecule has 0 fully saturated rings. The Morgan fingerprint density at radius 3 is 2.26 bits per heavy atom. The van der Waals surface area contributed by atoms with E-state index in [0.29, 0.717) is 6.61 Å². The van der Waals surface area contributed by atoms with Gasteiger partial charge in [-0.25, -0.2) is 9.36 Å². The Kier molecular flexibility index (Phi) is 10.8. The highest BCUT2D eigenvalue weighted by Crippen LogP contribution is 2.48. The van der Waals surface area contributed by atoms with Gasteiger partial charge in [0, 0.05) is 6.08 Å². The molecule has 0 amide bonds. The fraction of sp³-hybridized carbons (Fsp3) is 0.750. The molecule has 0 aliphatic heterocycles. The fourth-order valence-electron chi connectivity index (χ4n) is 1.07. The molecule has 0 saturated heterocycles. The third-order valence-corrected chi connectivity index (χ3v) is 3.51. The summed E-state index contributed by atoms with van der Waals surface area (Å²) in [4.78, 5) is 11.2. The minimum absolute atomic E-state index is 0.0415. The molecule has 0 bridgehead atoms. The Bertz CT molecular complexity index is 305. The standard InChI is InChI=1S/C12H23O6P/c1-4-7-10-15-12(13)9-8-11-18-19(14,16-5-2)17-6-3/h8-9H,4-7,10-11H2,1-3H3/b9-8+. The normalized spacial score (nSPS) is 11.9. The fourth-order valence-corrected chi connectivity index (χ4v) is 2.20. The van der Waals surface area contributed by atoms with Crippen molar-refractivity contribution in [3.8, 4) is 0 Å². The van der Waals surface area contributed by atoms with E-state index in [2.05, 4.69) is 0 Å². The highest BCUT2D eigenvalue weighted by atomic mass is 31.2.